The van der Waals surface area contributed by atoms with Crippen LogP contribution in [0.4, 0.5) is 14.6 Å². The third kappa shape index (κ3) is 7.62. The molecule has 1 aromatic carbocycles. The molecule has 43 heavy (non-hydrogen) atoms. The summed E-state index contributed by atoms with van der Waals surface area (Å²) in [6.45, 7) is 0.0102. The van der Waals surface area contributed by atoms with Crippen LogP contribution >= 0.6 is 0 Å². The van der Waals surface area contributed by atoms with Gasteiger partial charge in [-0.05, 0) is 59.4 Å². The Labute approximate surface area is 250 Å². The number of alkyl halides is 2. The Kier molecular flexibility index (Phi) is 8.30. The van der Waals surface area contributed by atoms with Gasteiger partial charge < -0.3 is 25.1 Å². The molecule has 0 unspecified atom stereocenters. The van der Waals surface area contributed by atoms with Gasteiger partial charge in [-0.2, -0.15) is 0 Å². The van der Waals surface area contributed by atoms with Gasteiger partial charge in [-0.15, -0.1) is 0 Å². The van der Waals surface area contributed by atoms with Crippen LogP contribution in [0.1, 0.15) is 34.5 Å². The van der Waals surface area contributed by atoms with E-state index in [9.17, 15) is 18.4 Å². The molecule has 1 aliphatic heterocycles. The van der Waals surface area contributed by atoms with Crippen LogP contribution in [0, 0.1) is 0 Å². The number of nitrogen functional groups attached to an aromatic ring is 1. The van der Waals surface area contributed by atoms with E-state index in [1.54, 1.807) is 54.7 Å². The van der Waals surface area contributed by atoms with Crippen LogP contribution in [0.15, 0.2) is 65.4 Å². The highest BCUT2D eigenvalue weighted by molar-refractivity contribution is 6.58. The van der Waals surface area contributed by atoms with Gasteiger partial charge in [0.05, 0.1) is 17.8 Å². The number of piperidine rings is 1. The van der Waals surface area contributed by atoms with Crippen LogP contribution in [0.3, 0.4) is 0 Å². The first-order chi connectivity index (χ1) is 20.3. The second-order valence-corrected chi connectivity index (χ2v) is 10.2. The lowest BCUT2D eigenvalue weighted by atomic mass is 9.52. The maximum Gasteiger partial charge on any atom is 0.255 e. The monoisotopic (exact) mass is 577 g/mol. The minimum absolute atomic E-state index is 0.0242. The van der Waals surface area contributed by atoms with Crippen molar-refractivity contribution in [2.75, 3.05) is 18.8 Å². The van der Waals surface area contributed by atoms with Gasteiger partial charge in [-0.25, -0.2) is 13.8 Å². The molecular weight excluding hydrogens is 553 g/mol. The summed E-state index contributed by atoms with van der Waals surface area (Å²) in [6.07, 6.45) is 5.15. The molecule has 1 saturated heterocycles. The Hall–Kier alpha value is -4.61. The number of halogens is 2. The summed E-state index contributed by atoms with van der Waals surface area (Å²) in [6, 6.07) is 11.6. The summed E-state index contributed by atoms with van der Waals surface area (Å²) < 4.78 is 38.5. The zero-order valence-electron chi connectivity index (χ0n) is 22.9. The molecule has 14 heteroatoms. The molecule has 3 aromatic heterocycles. The minimum atomic E-state index is -2.75. The van der Waals surface area contributed by atoms with Gasteiger partial charge in [0, 0.05) is 55.4 Å². The Balaban J connectivity index is 1.33. The molecule has 1 fully saturated rings. The molecule has 212 valence electrons. The first-order valence-electron chi connectivity index (χ1n) is 13.3. The summed E-state index contributed by atoms with van der Waals surface area (Å²) in [5, 5.41) is 1.29. The predicted molar refractivity (Wildman–Crippen MR) is 160 cm³/mol. The maximum absolute atomic E-state index is 13.5. The number of carbonyl (C=O) groups is 2. The fourth-order valence-electron chi connectivity index (χ4n) is 4.51. The number of aromatic nitrogens is 2. The molecule has 0 saturated carbocycles. The van der Waals surface area contributed by atoms with E-state index in [2.05, 4.69) is 15.3 Å². The van der Waals surface area contributed by atoms with E-state index in [1.807, 2.05) is 0 Å². The number of pyridine rings is 2. The van der Waals surface area contributed by atoms with Crippen molar-refractivity contribution in [1.82, 2.24) is 20.2 Å². The lowest BCUT2D eigenvalue weighted by Gasteiger charge is -2.31. The molecular formula is C29H24B3F2N5O4. The number of likely N-dealkylation sites (tertiary alicyclic amines) is 1. The molecule has 1 aliphatic rings. The summed E-state index contributed by atoms with van der Waals surface area (Å²) in [4.78, 5) is 34.9. The average Bonchev–Trinajstić information content (AvgIpc) is 3.38. The SMILES string of the molecule is [B]C([B])([B])Oc1cc(-c2ccc(C(=O)N3CCC(F)(F)CC3)cn2)cc2cc(CNC(=O)/C=C/c3ccc(N)nc3)oc12. The molecule has 0 aliphatic carbocycles. The van der Waals surface area contributed by atoms with Crippen molar-refractivity contribution in [3.05, 3.63) is 77.8 Å². The highest BCUT2D eigenvalue weighted by atomic mass is 19.3. The summed E-state index contributed by atoms with van der Waals surface area (Å²) in [5.41, 5.74) is 7.89. The van der Waals surface area contributed by atoms with Gasteiger partial charge in [-0.1, -0.05) is 0 Å². The zero-order valence-corrected chi connectivity index (χ0v) is 22.9. The van der Waals surface area contributed by atoms with Crippen LogP contribution in [0.25, 0.3) is 28.3 Å². The van der Waals surface area contributed by atoms with E-state index >= 15 is 0 Å². The topological polar surface area (TPSA) is 124 Å². The molecule has 0 spiro atoms. The number of ether oxygens (including phenoxy) is 1. The van der Waals surface area contributed by atoms with Gasteiger partial charge in [0.15, 0.2) is 11.3 Å². The first kappa shape index (κ1) is 29.9. The lowest BCUT2D eigenvalue weighted by Crippen LogP contribution is -2.42. The largest absolute Gasteiger partial charge is 0.512 e. The lowest BCUT2D eigenvalue weighted by molar-refractivity contribution is -0.116. The number of furan rings is 1. The summed E-state index contributed by atoms with van der Waals surface area (Å²) >= 11 is 0. The third-order valence-electron chi connectivity index (χ3n) is 6.68. The minimum Gasteiger partial charge on any atom is -0.512 e. The summed E-state index contributed by atoms with van der Waals surface area (Å²) in [5.74, 6) is -2.57. The van der Waals surface area contributed by atoms with E-state index < -0.39 is 11.2 Å². The number of rotatable bonds is 8. The number of nitrogens with two attached hydrogens (primary N) is 1. The smallest absolute Gasteiger partial charge is 0.255 e. The van der Waals surface area contributed by atoms with E-state index in [1.165, 1.54) is 17.2 Å². The first-order valence-corrected chi connectivity index (χ1v) is 13.3. The number of nitrogens with one attached hydrogen (secondary N) is 1. The zero-order chi connectivity index (χ0) is 30.8. The number of nitrogens with zero attached hydrogens (tertiary/aromatic N) is 3. The maximum atomic E-state index is 13.5. The van der Waals surface area contributed by atoms with Crippen molar-refractivity contribution in [2.24, 2.45) is 0 Å². The molecule has 9 nitrogen and oxygen atoms in total. The summed E-state index contributed by atoms with van der Waals surface area (Å²) in [7, 11) is 17.1. The van der Waals surface area contributed by atoms with Crippen molar-refractivity contribution in [3.63, 3.8) is 0 Å². The molecule has 5 rings (SSSR count). The van der Waals surface area contributed by atoms with Crippen LogP contribution in [0.5, 0.6) is 5.75 Å². The van der Waals surface area contributed by atoms with Crippen molar-refractivity contribution >= 4 is 58.2 Å². The molecule has 2 amide bonds. The van der Waals surface area contributed by atoms with Crippen molar-refractivity contribution in [2.45, 2.75) is 30.6 Å². The second-order valence-electron chi connectivity index (χ2n) is 10.2. The molecule has 0 bridgehead atoms. The Bertz CT molecular complexity index is 1660. The normalized spacial score (nSPS) is 15.1. The van der Waals surface area contributed by atoms with E-state index in [0.717, 1.165) is 0 Å². The predicted octanol–water partition coefficient (Wildman–Crippen LogP) is 3.17. The molecule has 6 radical (unpaired) electrons. The Morgan fingerprint density at radius 3 is 2.51 bits per heavy atom. The van der Waals surface area contributed by atoms with Gasteiger partial charge in [0.2, 0.25) is 5.91 Å². The number of hydrogen-bond donors (Lipinski definition) is 2. The number of carbonyl (C=O) groups excluding carboxylic acids is 2. The van der Waals surface area contributed by atoms with E-state index in [4.69, 9.17) is 38.4 Å². The number of fused-ring (bicyclic) bond motifs is 1. The Morgan fingerprint density at radius 2 is 1.86 bits per heavy atom. The molecule has 4 aromatic rings. The number of hydrogen-bond acceptors (Lipinski definition) is 7. The molecule has 3 N–H and O–H groups in total. The fraction of sp³-hybridized carbons (Fsp3) is 0.241. The van der Waals surface area contributed by atoms with Crippen LogP contribution < -0.4 is 15.8 Å². The van der Waals surface area contributed by atoms with Crippen LogP contribution in [-0.4, -0.2) is 74.5 Å². The van der Waals surface area contributed by atoms with Crippen LogP contribution in [0.2, 0.25) is 0 Å². The quantitative estimate of drug-likeness (QED) is 0.244. The number of anilines is 1. The van der Waals surface area contributed by atoms with Crippen molar-refractivity contribution in [3.8, 4) is 17.0 Å². The van der Waals surface area contributed by atoms with E-state index in [-0.39, 0.29) is 61.2 Å². The Morgan fingerprint density at radius 1 is 1.09 bits per heavy atom. The van der Waals surface area contributed by atoms with Gasteiger partial charge in [0.25, 0.3) is 11.8 Å². The van der Waals surface area contributed by atoms with Crippen molar-refractivity contribution < 1.29 is 27.5 Å². The molecule has 0 atom stereocenters. The number of benzene rings is 1. The van der Waals surface area contributed by atoms with Gasteiger partial charge in [0.1, 0.15) is 35.1 Å². The van der Waals surface area contributed by atoms with Crippen LogP contribution in [-0.2, 0) is 11.3 Å². The van der Waals surface area contributed by atoms with Crippen molar-refractivity contribution in [1.29, 1.82) is 0 Å². The highest BCUT2D eigenvalue weighted by Gasteiger charge is 2.35. The highest BCUT2D eigenvalue weighted by Crippen LogP contribution is 2.35. The number of amides is 2. The fourth-order valence-corrected chi connectivity index (χ4v) is 4.51. The second kappa shape index (κ2) is 11.9. The van der Waals surface area contributed by atoms with Gasteiger partial charge >= 0.3 is 0 Å². The average molecular weight is 577 g/mol. The van der Waals surface area contributed by atoms with Gasteiger partial charge in [-0.3, -0.25) is 14.6 Å². The molecule has 4 heterocycles. The third-order valence-corrected chi connectivity index (χ3v) is 6.68. The standard InChI is InChI=1S/C29H24B3F2N5O4/c30-29(31,32)43-23-13-19(22-4-3-18(15-36-22)27(41)39-9-7-28(33,34)8-10-39)11-20-12-21(42-26(20)23)16-38-25(40)6-2-17-1-5-24(35)37-14-17/h1-6,11-15H,7-10,16H2,(H2,35,37)(H,38,40)/b6-2+. The van der Waals surface area contributed by atoms with E-state index in [0.29, 0.717) is 33.8 Å².